The Labute approximate surface area is 127 Å². The monoisotopic (exact) mass is 333 g/mol. The van der Waals surface area contributed by atoms with Gasteiger partial charge in [0.2, 0.25) is 0 Å². The molecule has 0 aliphatic carbocycles. The zero-order valence-corrected chi connectivity index (χ0v) is 13.0. The van der Waals surface area contributed by atoms with E-state index in [4.69, 9.17) is 4.74 Å². The topological polar surface area (TPSA) is 38.3 Å². The number of benzene rings is 2. The lowest BCUT2D eigenvalue weighted by molar-refractivity contribution is 0.0951. The zero-order valence-electron chi connectivity index (χ0n) is 11.4. The molecular weight excluding hydrogens is 318 g/mol. The molecule has 0 unspecified atom stereocenters. The molecule has 0 aliphatic heterocycles. The summed E-state index contributed by atoms with van der Waals surface area (Å²) in [6.45, 7) is 2.55. The first-order valence-corrected chi connectivity index (χ1v) is 7.06. The van der Waals surface area contributed by atoms with Crippen LogP contribution in [0.15, 0.2) is 46.9 Å². The van der Waals surface area contributed by atoms with Crippen molar-refractivity contribution in [1.82, 2.24) is 5.32 Å². The molecule has 4 heteroatoms. The first-order valence-electron chi connectivity index (χ1n) is 6.27. The smallest absolute Gasteiger partial charge is 0.251 e. The van der Waals surface area contributed by atoms with Crippen LogP contribution in [0.25, 0.3) is 0 Å². The highest BCUT2D eigenvalue weighted by molar-refractivity contribution is 9.10. The molecule has 0 aromatic heterocycles. The van der Waals surface area contributed by atoms with Crippen LogP contribution in [-0.4, -0.2) is 13.0 Å². The summed E-state index contributed by atoms with van der Waals surface area (Å²) in [5, 5.41) is 2.91. The Morgan fingerprint density at radius 2 is 2.05 bits per heavy atom. The molecule has 0 heterocycles. The van der Waals surface area contributed by atoms with E-state index in [1.54, 1.807) is 25.3 Å². The summed E-state index contributed by atoms with van der Waals surface area (Å²) in [6.07, 6.45) is 0. The van der Waals surface area contributed by atoms with E-state index in [9.17, 15) is 4.79 Å². The van der Waals surface area contributed by atoms with Crippen molar-refractivity contribution >= 4 is 21.8 Å². The third-order valence-electron chi connectivity index (χ3n) is 2.95. The van der Waals surface area contributed by atoms with Gasteiger partial charge >= 0.3 is 0 Å². The van der Waals surface area contributed by atoms with E-state index in [0.29, 0.717) is 17.9 Å². The van der Waals surface area contributed by atoms with Crippen LogP contribution in [0.3, 0.4) is 0 Å². The second-order valence-corrected chi connectivity index (χ2v) is 5.38. The fraction of sp³-hybridized carbons (Fsp3) is 0.188. The molecular formula is C16H16BrNO2. The predicted octanol–water partition coefficient (Wildman–Crippen LogP) is 3.70. The van der Waals surface area contributed by atoms with E-state index in [-0.39, 0.29) is 5.91 Å². The predicted molar refractivity (Wildman–Crippen MR) is 83.0 cm³/mol. The summed E-state index contributed by atoms with van der Waals surface area (Å²) in [6, 6.07) is 13.3. The van der Waals surface area contributed by atoms with Crippen LogP contribution in [0, 0.1) is 6.92 Å². The molecule has 2 rings (SSSR count). The number of methoxy groups -OCH3 is 1. The Morgan fingerprint density at radius 3 is 2.70 bits per heavy atom. The van der Waals surface area contributed by atoms with Crippen LogP contribution in [0.4, 0.5) is 0 Å². The van der Waals surface area contributed by atoms with E-state index < -0.39 is 0 Å². The highest BCUT2D eigenvalue weighted by Crippen LogP contribution is 2.25. The fourth-order valence-corrected chi connectivity index (χ4v) is 2.45. The number of aryl methyl sites for hydroxylation is 1. The lowest BCUT2D eigenvalue weighted by Crippen LogP contribution is -2.22. The number of hydrogen-bond acceptors (Lipinski definition) is 2. The molecule has 0 fully saturated rings. The maximum Gasteiger partial charge on any atom is 0.251 e. The van der Waals surface area contributed by atoms with Crippen LogP contribution >= 0.6 is 15.9 Å². The molecule has 0 saturated heterocycles. The molecule has 0 saturated carbocycles. The first-order chi connectivity index (χ1) is 9.60. The number of carbonyl (C=O) groups is 1. The molecule has 0 spiro atoms. The standard InChI is InChI=1S/C16H16BrNO2/c1-11-4-3-5-12(8-11)10-18-16(19)13-6-7-15(20-2)14(17)9-13/h3-9H,10H2,1-2H3,(H,18,19). The van der Waals surface area contributed by atoms with Gasteiger partial charge in [0.1, 0.15) is 5.75 Å². The van der Waals surface area contributed by atoms with Crippen LogP contribution in [0.1, 0.15) is 21.5 Å². The Kier molecular flexibility index (Phi) is 4.79. The quantitative estimate of drug-likeness (QED) is 0.926. The van der Waals surface area contributed by atoms with Crippen LogP contribution in [0.5, 0.6) is 5.75 Å². The van der Waals surface area contributed by atoms with Gasteiger partial charge in [-0.2, -0.15) is 0 Å². The molecule has 1 amide bonds. The van der Waals surface area contributed by atoms with E-state index in [2.05, 4.69) is 27.3 Å². The van der Waals surface area contributed by atoms with E-state index in [0.717, 1.165) is 10.0 Å². The Morgan fingerprint density at radius 1 is 1.25 bits per heavy atom. The number of carbonyl (C=O) groups excluding carboxylic acids is 1. The van der Waals surface area contributed by atoms with E-state index in [1.807, 2.05) is 25.1 Å². The first kappa shape index (κ1) is 14.6. The van der Waals surface area contributed by atoms with Crippen molar-refractivity contribution < 1.29 is 9.53 Å². The summed E-state index contributed by atoms with van der Waals surface area (Å²) < 4.78 is 5.91. The van der Waals surface area contributed by atoms with Crippen LogP contribution in [0.2, 0.25) is 0 Å². The van der Waals surface area contributed by atoms with E-state index >= 15 is 0 Å². The minimum atomic E-state index is -0.102. The van der Waals surface area contributed by atoms with Gasteiger partial charge in [-0.05, 0) is 46.6 Å². The second kappa shape index (κ2) is 6.57. The van der Waals surface area contributed by atoms with E-state index in [1.165, 1.54) is 5.56 Å². The second-order valence-electron chi connectivity index (χ2n) is 4.52. The van der Waals surface area contributed by atoms with Gasteiger partial charge in [-0.1, -0.05) is 29.8 Å². The largest absolute Gasteiger partial charge is 0.496 e. The van der Waals surface area contributed by atoms with Gasteiger partial charge in [-0.3, -0.25) is 4.79 Å². The fourth-order valence-electron chi connectivity index (χ4n) is 1.91. The van der Waals surface area contributed by atoms with Gasteiger partial charge in [0.25, 0.3) is 5.91 Å². The number of nitrogens with one attached hydrogen (secondary N) is 1. The Balaban J connectivity index is 2.03. The van der Waals surface area contributed by atoms with Gasteiger partial charge in [0.15, 0.2) is 0 Å². The van der Waals surface area contributed by atoms with Crippen molar-refractivity contribution in [2.75, 3.05) is 7.11 Å². The lowest BCUT2D eigenvalue weighted by atomic mass is 10.1. The van der Waals surface area contributed by atoms with Gasteiger partial charge in [-0.15, -0.1) is 0 Å². The number of amides is 1. The number of hydrogen-bond donors (Lipinski definition) is 1. The molecule has 1 N–H and O–H groups in total. The lowest BCUT2D eigenvalue weighted by Gasteiger charge is -2.08. The third-order valence-corrected chi connectivity index (χ3v) is 3.57. The molecule has 3 nitrogen and oxygen atoms in total. The summed E-state index contributed by atoms with van der Waals surface area (Å²) >= 11 is 3.38. The molecule has 0 radical (unpaired) electrons. The highest BCUT2D eigenvalue weighted by Gasteiger charge is 2.08. The van der Waals surface area contributed by atoms with Crippen molar-refractivity contribution in [2.24, 2.45) is 0 Å². The molecule has 2 aromatic rings. The normalized spacial score (nSPS) is 10.2. The Hall–Kier alpha value is -1.81. The summed E-state index contributed by atoms with van der Waals surface area (Å²) in [4.78, 5) is 12.1. The highest BCUT2D eigenvalue weighted by atomic mass is 79.9. The van der Waals surface area contributed by atoms with Gasteiger partial charge < -0.3 is 10.1 Å². The number of rotatable bonds is 4. The molecule has 0 atom stereocenters. The zero-order chi connectivity index (χ0) is 14.5. The van der Waals surface area contributed by atoms with Crippen LogP contribution in [-0.2, 0) is 6.54 Å². The van der Waals surface area contributed by atoms with Gasteiger partial charge in [0, 0.05) is 12.1 Å². The Bertz CT molecular complexity index is 626. The summed E-state index contributed by atoms with van der Waals surface area (Å²) in [7, 11) is 1.59. The minimum Gasteiger partial charge on any atom is -0.496 e. The van der Waals surface area contributed by atoms with Crippen molar-refractivity contribution in [2.45, 2.75) is 13.5 Å². The maximum absolute atomic E-state index is 12.1. The average molecular weight is 334 g/mol. The number of ether oxygens (including phenoxy) is 1. The SMILES string of the molecule is COc1ccc(C(=O)NCc2cccc(C)c2)cc1Br. The van der Waals surface area contributed by atoms with Gasteiger partial charge in [-0.25, -0.2) is 0 Å². The molecule has 0 aliphatic rings. The molecule has 104 valence electrons. The minimum absolute atomic E-state index is 0.102. The number of halogens is 1. The van der Waals surface area contributed by atoms with Crippen molar-refractivity contribution in [3.05, 3.63) is 63.6 Å². The summed E-state index contributed by atoms with van der Waals surface area (Å²) in [5.41, 5.74) is 2.88. The molecule has 0 bridgehead atoms. The van der Waals surface area contributed by atoms with Crippen molar-refractivity contribution in [3.8, 4) is 5.75 Å². The van der Waals surface area contributed by atoms with Crippen molar-refractivity contribution in [1.29, 1.82) is 0 Å². The van der Waals surface area contributed by atoms with Gasteiger partial charge in [0.05, 0.1) is 11.6 Å². The molecule has 2 aromatic carbocycles. The molecule has 20 heavy (non-hydrogen) atoms. The van der Waals surface area contributed by atoms with Crippen molar-refractivity contribution in [3.63, 3.8) is 0 Å². The van der Waals surface area contributed by atoms with Crippen LogP contribution < -0.4 is 10.1 Å². The average Bonchev–Trinajstić information content (AvgIpc) is 2.44. The maximum atomic E-state index is 12.1. The third kappa shape index (κ3) is 3.61. The summed E-state index contributed by atoms with van der Waals surface area (Å²) in [5.74, 6) is 0.607.